The number of aliphatic imine (C=N–C) groups is 2. The Morgan fingerprint density at radius 1 is 1.26 bits per heavy atom. The number of guanidine groups is 1. The van der Waals surface area contributed by atoms with E-state index >= 15 is 0 Å². The number of hydrogen-bond donors (Lipinski definition) is 3. The number of allylic oxidation sites excluding steroid dienone is 3. The molecule has 0 saturated heterocycles. The molecule has 1 atom stereocenters. The normalized spacial score (nSPS) is 19.2. The summed E-state index contributed by atoms with van der Waals surface area (Å²) in [6, 6.07) is 6.97. The summed E-state index contributed by atoms with van der Waals surface area (Å²) >= 11 is 0. The van der Waals surface area contributed by atoms with Crippen LogP contribution in [0.4, 0.5) is 11.4 Å². The fourth-order valence-corrected chi connectivity index (χ4v) is 3.12. The van der Waals surface area contributed by atoms with Gasteiger partial charge in [-0.25, -0.2) is 9.98 Å². The van der Waals surface area contributed by atoms with Crippen LogP contribution in [0, 0.1) is 0 Å². The van der Waals surface area contributed by atoms with Crippen LogP contribution in [-0.4, -0.2) is 37.3 Å². The topological polar surface area (TPSA) is 107 Å². The monoisotopic (exact) mass is 416 g/mol. The molecule has 2 heterocycles. The molecule has 0 aromatic heterocycles. The van der Waals surface area contributed by atoms with Crippen LogP contribution in [0.2, 0.25) is 0 Å². The number of methoxy groups -OCH3 is 1. The highest BCUT2D eigenvalue weighted by atomic mass is 16.5. The second kappa shape index (κ2) is 8.56. The van der Waals surface area contributed by atoms with E-state index in [1.54, 1.807) is 55.8 Å². The number of anilines is 2. The van der Waals surface area contributed by atoms with Crippen LogP contribution in [0.1, 0.15) is 6.92 Å². The van der Waals surface area contributed by atoms with Gasteiger partial charge in [-0.2, -0.15) is 0 Å². The van der Waals surface area contributed by atoms with Gasteiger partial charge in [0.15, 0.2) is 6.17 Å². The Labute approximate surface area is 178 Å². The third kappa shape index (κ3) is 4.47. The van der Waals surface area contributed by atoms with Crippen molar-refractivity contribution in [1.82, 2.24) is 10.6 Å². The Kier molecular flexibility index (Phi) is 5.51. The zero-order valence-corrected chi connectivity index (χ0v) is 16.9. The SMILES string of the molecule is COC1=CC=C=C(NC2=NC3C(=CN2)N=CC(=O)N3c2ccc(NC(C)=O)cc2)C=C1. The van der Waals surface area contributed by atoms with Crippen molar-refractivity contribution < 1.29 is 14.3 Å². The fourth-order valence-electron chi connectivity index (χ4n) is 3.12. The van der Waals surface area contributed by atoms with Crippen molar-refractivity contribution in [2.75, 3.05) is 17.3 Å². The number of amides is 2. The predicted molar refractivity (Wildman–Crippen MR) is 118 cm³/mol. The summed E-state index contributed by atoms with van der Waals surface area (Å²) in [5, 5.41) is 8.91. The molecular formula is C22H20N6O3. The Morgan fingerprint density at radius 3 is 2.81 bits per heavy atom. The van der Waals surface area contributed by atoms with Crippen LogP contribution in [0.3, 0.4) is 0 Å². The minimum Gasteiger partial charge on any atom is -0.497 e. The minimum absolute atomic E-state index is 0.165. The summed E-state index contributed by atoms with van der Waals surface area (Å²) in [5.41, 5.74) is 5.63. The molecule has 1 aliphatic carbocycles. The number of hydrogen-bond acceptors (Lipinski definition) is 7. The van der Waals surface area contributed by atoms with Gasteiger partial charge < -0.3 is 20.7 Å². The van der Waals surface area contributed by atoms with E-state index in [-0.39, 0.29) is 11.8 Å². The lowest BCUT2D eigenvalue weighted by molar-refractivity contribution is -0.114. The molecule has 1 unspecified atom stereocenters. The van der Waals surface area contributed by atoms with Gasteiger partial charge in [-0.05, 0) is 48.6 Å². The molecule has 2 amide bonds. The van der Waals surface area contributed by atoms with E-state index in [2.05, 4.69) is 31.7 Å². The average Bonchev–Trinajstić information content (AvgIpc) is 2.99. The predicted octanol–water partition coefficient (Wildman–Crippen LogP) is 1.92. The number of fused-ring (bicyclic) bond motifs is 1. The van der Waals surface area contributed by atoms with Gasteiger partial charge in [0, 0.05) is 24.5 Å². The highest BCUT2D eigenvalue weighted by Gasteiger charge is 2.33. The maximum absolute atomic E-state index is 12.6. The Balaban J connectivity index is 1.58. The van der Waals surface area contributed by atoms with Gasteiger partial charge in [-0.1, -0.05) is 5.73 Å². The molecule has 0 spiro atoms. The fraction of sp³-hybridized carbons (Fsp3) is 0.136. The number of carbonyl (C=O) groups is 2. The van der Waals surface area contributed by atoms with Crippen LogP contribution < -0.4 is 20.9 Å². The minimum atomic E-state index is -0.639. The smallest absolute Gasteiger partial charge is 0.271 e. The van der Waals surface area contributed by atoms with Crippen LogP contribution in [0.5, 0.6) is 0 Å². The van der Waals surface area contributed by atoms with Crippen molar-refractivity contribution in [1.29, 1.82) is 0 Å². The standard InChI is InChI=1S/C22H20N6O3/c1-14(29)25-16-6-9-17(10-7-16)28-20(30)13-23-19-12-24-22(27-21(19)28)26-15-4-3-5-18(31-2)11-8-15/h3,5-13,21H,1-2H3,(H,25,29)(H2,24,26,27). The van der Waals surface area contributed by atoms with E-state index in [1.807, 2.05) is 6.08 Å². The lowest BCUT2D eigenvalue weighted by Gasteiger charge is -2.33. The van der Waals surface area contributed by atoms with Crippen molar-refractivity contribution in [3.05, 3.63) is 77.7 Å². The quantitative estimate of drug-likeness (QED) is 0.650. The summed E-state index contributed by atoms with van der Waals surface area (Å²) in [5.74, 6) is 0.689. The Morgan fingerprint density at radius 2 is 2.06 bits per heavy atom. The lowest BCUT2D eigenvalue weighted by atomic mass is 10.2. The van der Waals surface area contributed by atoms with Crippen molar-refractivity contribution in [3.8, 4) is 0 Å². The molecule has 9 heteroatoms. The average molecular weight is 416 g/mol. The largest absolute Gasteiger partial charge is 0.497 e. The molecule has 1 aromatic rings. The third-order valence-corrected chi connectivity index (χ3v) is 4.53. The van der Waals surface area contributed by atoms with Crippen molar-refractivity contribution in [2.24, 2.45) is 9.98 Å². The van der Waals surface area contributed by atoms with Gasteiger partial charge in [0.1, 0.15) is 11.5 Å². The van der Waals surface area contributed by atoms with Crippen LogP contribution in [0.25, 0.3) is 0 Å². The molecule has 0 fully saturated rings. The van der Waals surface area contributed by atoms with Crippen molar-refractivity contribution >= 4 is 35.4 Å². The number of nitrogens with one attached hydrogen (secondary N) is 3. The molecular weight excluding hydrogens is 396 g/mol. The Bertz CT molecular complexity index is 1130. The second-order valence-corrected chi connectivity index (χ2v) is 6.72. The van der Waals surface area contributed by atoms with E-state index in [0.29, 0.717) is 34.5 Å². The van der Waals surface area contributed by atoms with Gasteiger partial charge >= 0.3 is 0 Å². The first-order valence-corrected chi connectivity index (χ1v) is 9.49. The second-order valence-electron chi connectivity index (χ2n) is 6.72. The number of benzene rings is 1. The Hall–Kier alpha value is -4.36. The number of carbonyl (C=O) groups excluding carboxylic acids is 2. The van der Waals surface area contributed by atoms with Gasteiger partial charge in [0.05, 0.1) is 19.0 Å². The van der Waals surface area contributed by atoms with Gasteiger partial charge in [0.25, 0.3) is 5.91 Å². The molecule has 3 N–H and O–H groups in total. The first-order valence-electron chi connectivity index (χ1n) is 9.49. The zero-order valence-electron chi connectivity index (χ0n) is 16.9. The molecule has 4 rings (SSSR count). The molecule has 2 aliphatic heterocycles. The maximum atomic E-state index is 12.6. The molecule has 31 heavy (non-hydrogen) atoms. The maximum Gasteiger partial charge on any atom is 0.271 e. The van der Waals surface area contributed by atoms with Crippen molar-refractivity contribution in [3.63, 3.8) is 0 Å². The van der Waals surface area contributed by atoms with Crippen LogP contribution >= 0.6 is 0 Å². The number of ether oxygens (including phenoxy) is 1. The number of nitrogens with zero attached hydrogens (tertiary/aromatic N) is 3. The summed E-state index contributed by atoms with van der Waals surface area (Å²) in [6.45, 7) is 1.44. The van der Waals surface area contributed by atoms with Crippen LogP contribution in [0.15, 0.2) is 87.6 Å². The van der Waals surface area contributed by atoms with E-state index < -0.39 is 6.17 Å². The molecule has 0 bridgehead atoms. The molecule has 9 nitrogen and oxygen atoms in total. The summed E-state index contributed by atoms with van der Waals surface area (Å²) in [6.07, 6.45) is 9.47. The van der Waals surface area contributed by atoms with Gasteiger partial charge in [0.2, 0.25) is 11.9 Å². The summed E-state index contributed by atoms with van der Waals surface area (Å²) in [4.78, 5) is 34.3. The molecule has 0 radical (unpaired) electrons. The van der Waals surface area contributed by atoms with E-state index in [4.69, 9.17) is 4.74 Å². The highest BCUT2D eigenvalue weighted by Crippen LogP contribution is 2.27. The lowest BCUT2D eigenvalue weighted by Crippen LogP contribution is -2.49. The van der Waals surface area contributed by atoms with Gasteiger partial charge in [-0.15, -0.1) is 0 Å². The zero-order chi connectivity index (χ0) is 21.8. The first-order chi connectivity index (χ1) is 15.0. The molecule has 156 valence electrons. The van der Waals surface area contributed by atoms with E-state index in [0.717, 1.165) is 0 Å². The third-order valence-electron chi connectivity index (χ3n) is 4.53. The summed E-state index contributed by atoms with van der Waals surface area (Å²) < 4.78 is 5.21. The number of rotatable bonds is 4. The first kappa shape index (κ1) is 19.9. The van der Waals surface area contributed by atoms with Gasteiger partial charge in [-0.3, -0.25) is 14.5 Å². The molecule has 3 aliphatic rings. The molecule has 1 aromatic carbocycles. The van der Waals surface area contributed by atoms with E-state index in [1.165, 1.54) is 18.0 Å². The van der Waals surface area contributed by atoms with Crippen LogP contribution in [-0.2, 0) is 14.3 Å². The van der Waals surface area contributed by atoms with E-state index in [9.17, 15) is 9.59 Å². The summed E-state index contributed by atoms with van der Waals surface area (Å²) in [7, 11) is 1.60. The molecule has 0 saturated carbocycles. The van der Waals surface area contributed by atoms with Crippen molar-refractivity contribution in [2.45, 2.75) is 13.1 Å². The highest BCUT2D eigenvalue weighted by molar-refractivity contribution is 6.34.